The highest BCUT2D eigenvalue weighted by molar-refractivity contribution is 5.64. The molecule has 0 aliphatic carbocycles. The minimum Gasteiger partial charge on any atom is -0.497 e. The zero-order valence-corrected chi connectivity index (χ0v) is 11.8. The Bertz CT molecular complexity index is 718. The monoisotopic (exact) mass is 326 g/mol. The molecule has 122 valence electrons. The third-order valence-electron chi connectivity index (χ3n) is 2.40. The van der Waals surface area contributed by atoms with Gasteiger partial charge in [0.05, 0.1) is 32.6 Å². The molecule has 12 nitrogen and oxygen atoms in total. The van der Waals surface area contributed by atoms with Crippen LogP contribution in [0.1, 0.15) is 11.5 Å². The van der Waals surface area contributed by atoms with Crippen LogP contribution in [0.4, 0.5) is 17.1 Å². The molecule has 0 bridgehead atoms. The van der Waals surface area contributed by atoms with Gasteiger partial charge in [-0.15, -0.1) is 0 Å². The van der Waals surface area contributed by atoms with Crippen LogP contribution in [0.3, 0.4) is 0 Å². The fourth-order valence-electron chi connectivity index (χ4n) is 1.46. The Morgan fingerprint density at radius 1 is 0.957 bits per heavy atom. The van der Waals surface area contributed by atoms with E-state index in [1.54, 1.807) is 0 Å². The lowest BCUT2D eigenvalue weighted by Gasteiger charge is -1.97. The number of nitrogens with zero attached hydrogens (tertiary/aromatic N) is 4. The van der Waals surface area contributed by atoms with Crippen molar-refractivity contribution in [3.8, 4) is 5.75 Å². The van der Waals surface area contributed by atoms with Gasteiger partial charge in [0.25, 0.3) is 11.4 Å². The van der Waals surface area contributed by atoms with E-state index >= 15 is 0 Å². The number of hydrogen-bond donors (Lipinski definition) is 1. The second kappa shape index (κ2) is 6.93. The predicted molar refractivity (Wildman–Crippen MR) is 74.0 cm³/mol. The average molecular weight is 326 g/mol. The van der Waals surface area contributed by atoms with Crippen LogP contribution in [0, 0.1) is 44.2 Å². The van der Waals surface area contributed by atoms with E-state index in [1.807, 2.05) is 19.9 Å². The van der Waals surface area contributed by atoms with Gasteiger partial charge in [0.15, 0.2) is 0 Å². The SMILES string of the molecule is Cc1cc(C)on1.O=[N+]([O-])c1cc([N+](=O)[O-])c(O)c([N+](=O)[O-])c1. The molecule has 12 heteroatoms. The van der Waals surface area contributed by atoms with E-state index in [-0.39, 0.29) is 0 Å². The van der Waals surface area contributed by atoms with Gasteiger partial charge < -0.3 is 9.63 Å². The first-order valence-electron chi connectivity index (χ1n) is 5.83. The molecule has 0 aliphatic rings. The zero-order chi connectivity index (χ0) is 17.7. The Hall–Kier alpha value is -3.57. The van der Waals surface area contributed by atoms with Crippen LogP contribution in [0.2, 0.25) is 0 Å². The molecule has 0 radical (unpaired) electrons. The first-order valence-corrected chi connectivity index (χ1v) is 5.83. The lowest BCUT2D eigenvalue weighted by molar-refractivity contribution is -0.404. The minimum absolute atomic E-state index is 0.447. The molecule has 2 rings (SSSR count). The summed E-state index contributed by atoms with van der Waals surface area (Å²) in [6.45, 7) is 3.77. The normalized spacial score (nSPS) is 9.65. The standard InChI is InChI=1S/C6H3N3O7.C5H7NO/c10-6-4(8(13)14)1-3(7(11)12)2-5(6)9(15)16;1-4-3-5(2)7-6-4/h1-2,10H;3H,1-2H3. The maximum Gasteiger partial charge on any atom is 0.324 e. The summed E-state index contributed by atoms with van der Waals surface area (Å²) in [6.07, 6.45) is 0. The Morgan fingerprint density at radius 2 is 1.43 bits per heavy atom. The summed E-state index contributed by atoms with van der Waals surface area (Å²) in [7, 11) is 0. The number of aryl methyl sites for hydroxylation is 2. The number of benzene rings is 1. The first kappa shape index (κ1) is 17.5. The summed E-state index contributed by atoms with van der Waals surface area (Å²) < 4.78 is 4.71. The van der Waals surface area contributed by atoms with Gasteiger partial charge in [-0.3, -0.25) is 30.3 Å². The summed E-state index contributed by atoms with van der Waals surface area (Å²) in [5, 5.41) is 43.9. The second-order valence-electron chi connectivity index (χ2n) is 4.18. The third kappa shape index (κ3) is 4.45. The number of nitro groups is 3. The predicted octanol–water partition coefficient (Wildman–Crippen LogP) is 2.41. The molecule has 0 saturated carbocycles. The molecule has 2 aromatic rings. The van der Waals surface area contributed by atoms with E-state index in [0.717, 1.165) is 11.5 Å². The van der Waals surface area contributed by atoms with E-state index in [0.29, 0.717) is 12.1 Å². The Balaban J connectivity index is 0.000000313. The summed E-state index contributed by atoms with van der Waals surface area (Å²) in [4.78, 5) is 27.8. The van der Waals surface area contributed by atoms with Crippen molar-refractivity contribution in [2.75, 3.05) is 0 Å². The van der Waals surface area contributed by atoms with Crippen molar-refractivity contribution in [1.82, 2.24) is 5.16 Å². The van der Waals surface area contributed by atoms with Crippen molar-refractivity contribution in [3.63, 3.8) is 0 Å². The molecule has 1 aromatic carbocycles. The lowest BCUT2D eigenvalue weighted by atomic mass is 10.2. The smallest absolute Gasteiger partial charge is 0.324 e. The van der Waals surface area contributed by atoms with Gasteiger partial charge in [-0.1, -0.05) is 5.16 Å². The molecule has 23 heavy (non-hydrogen) atoms. The molecule has 1 aromatic heterocycles. The molecule has 0 spiro atoms. The van der Waals surface area contributed by atoms with Crippen LogP contribution in [0.25, 0.3) is 0 Å². The van der Waals surface area contributed by atoms with Crippen molar-refractivity contribution in [1.29, 1.82) is 0 Å². The van der Waals surface area contributed by atoms with Crippen molar-refractivity contribution < 1.29 is 24.4 Å². The highest BCUT2D eigenvalue weighted by Gasteiger charge is 2.30. The Labute approximate surface area is 127 Å². The number of aromatic nitrogens is 1. The summed E-state index contributed by atoms with van der Waals surface area (Å²) >= 11 is 0. The molecular formula is C11H10N4O8. The summed E-state index contributed by atoms with van der Waals surface area (Å²) in [6, 6.07) is 2.78. The van der Waals surface area contributed by atoms with E-state index in [4.69, 9.17) is 9.63 Å². The number of aromatic hydroxyl groups is 1. The molecule has 0 unspecified atom stereocenters. The maximum absolute atomic E-state index is 10.4. The third-order valence-corrected chi connectivity index (χ3v) is 2.40. The molecule has 0 aliphatic heterocycles. The van der Waals surface area contributed by atoms with E-state index in [9.17, 15) is 30.3 Å². The van der Waals surface area contributed by atoms with Gasteiger partial charge in [-0.2, -0.15) is 0 Å². The summed E-state index contributed by atoms with van der Waals surface area (Å²) in [5.41, 5.74) is -2.06. The van der Waals surface area contributed by atoms with Crippen molar-refractivity contribution >= 4 is 17.1 Å². The highest BCUT2D eigenvalue weighted by atomic mass is 16.6. The van der Waals surface area contributed by atoms with Crippen LogP contribution in [0.15, 0.2) is 22.7 Å². The molecule has 0 atom stereocenters. The van der Waals surface area contributed by atoms with E-state index < -0.39 is 37.6 Å². The van der Waals surface area contributed by atoms with Gasteiger partial charge >= 0.3 is 11.4 Å². The summed E-state index contributed by atoms with van der Waals surface area (Å²) in [5.74, 6) is -0.335. The number of phenolic OH excluding ortho intramolecular Hbond substituents is 1. The highest BCUT2D eigenvalue weighted by Crippen LogP contribution is 2.38. The molecule has 0 saturated heterocycles. The lowest BCUT2D eigenvalue weighted by Crippen LogP contribution is -1.97. The molecule has 0 amide bonds. The van der Waals surface area contributed by atoms with Gasteiger partial charge in [0.1, 0.15) is 5.76 Å². The molecule has 0 fully saturated rings. The Morgan fingerprint density at radius 3 is 1.65 bits per heavy atom. The number of non-ortho nitro benzene ring substituents is 1. The largest absolute Gasteiger partial charge is 0.497 e. The van der Waals surface area contributed by atoms with Crippen LogP contribution in [-0.2, 0) is 0 Å². The molecular weight excluding hydrogens is 316 g/mol. The van der Waals surface area contributed by atoms with Crippen molar-refractivity contribution in [2.24, 2.45) is 0 Å². The van der Waals surface area contributed by atoms with Crippen molar-refractivity contribution in [2.45, 2.75) is 13.8 Å². The fraction of sp³-hybridized carbons (Fsp3) is 0.182. The minimum atomic E-state index is -1.21. The quantitative estimate of drug-likeness (QED) is 0.655. The number of nitro benzene ring substituents is 3. The van der Waals surface area contributed by atoms with Gasteiger partial charge in [-0.25, -0.2) is 0 Å². The fourth-order valence-corrected chi connectivity index (χ4v) is 1.46. The van der Waals surface area contributed by atoms with Crippen LogP contribution < -0.4 is 0 Å². The van der Waals surface area contributed by atoms with Crippen LogP contribution in [-0.4, -0.2) is 25.0 Å². The maximum atomic E-state index is 10.4. The molecule has 1 N–H and O–H groups in total. The average Bonchev–Trinajstić information content (AvgIpc) is 2.82. The second-order valence-corrected chi connectivity index (χ2v) is 4.18. The Kier molecular flexibility index (Phi) is 5.27. The van der Waals surface area contributed by atoms with E-state index in [1.165, 1.54) is 0 Å². The number of hydrogen-bond acceptors (Lipinski definition) is 9. The topological polar surface area (TPSA) is 176 Å². The van der Waals surface area contributed by atoms with E-state index in [2.05, 4.69) is 5.16 Å². The van der Waals surface area contributed by atoms with Crippen molar-refractivity contribution in [3.05, 3.63) is 60.0 Å². The van der Waals surface area contributed by atoms with Gasteiger partial charge in [0.2, 0.25) is 0 Å². The number of phenols is 1. The number of rotatable bonds is 3. The van der Waals surface area contributed by atoms with Gasteiger partial charge in [0, 0.05) is 6.07 Å². The van der Waals surface area contributed by atoms with Crippen LogP contribution >= 0.6 is 0 Å². The zero-order valence-electron chi connectivity index (χ0n) is 11.8. The molecule has 1 heterocycles. The van der Waals surface area contributed by atoms with Crippen LogP contribution in [0.5, 0.6) is 5.75 Å². The first-order chi connectivity index (χ1) is 10.6. The van der Waals surface area contributed by atoms with Gasteiger partial charge in [-0.05, 0) is 13.8 Å².